The molecule has 2 aromatic carbocycles. The van der Waals surface area contributed by atoms with Crippen molar-refractivity contribution in [2.45, 2.75) is 127 Å². The first-order valence-electron chi connectivity index (χ1n) is 26.9. The number of nitrogens with two attached hydrogens (primary N) is 1. The highest BCUT2D eigenvalue weighted by molar-refractivity contribution is 5.98. The number of para-hydroxylation sites is 1. The number of phenolic OH excluding ortho intramolecular Hbond substituents is 1. The molecule has 10 amide bonds. The number of carboxylic acids is 2. The minimum atomic E-state index is -1.71. The van der Waals surface area contributed by atoms with Gasteiger partial charge in [0.2, 0.25) is 53.2 Å². The lowest BCUT2D eigenvalue weighted by atomic mass is 9.99. The monoisotopic (exact) mass is 1170 g/mol. The second-order valence-electron chi connectivity index (χ2n) is 20.5. The standard InChI is InChI=1S/C54H74N14O16/c1-27(2)17-37(65-51(80)39(20-31-23-57-26-60-31)66-52(81)41(25-69)62-43(72)21-55)49(78)63-36(14-16-45(74)75)48(77)68-46(28(3)4)53(82)64-35(13-15-42(56)71)47(76)59-24-44(73)61-38(18-29-9-11-32(70)12-10-29)50(79)67-40(54(83)84)19-30-22-58-34-8-6-5-7-33(30)34/h5-12,22-23,26-28,35-41,46,58,69-70H,13-21,24-25,55H2,1-4H3,(H2,56,71)(H,57,60)(H,59,76)(H,61,73)(H,62,72)(H,63,78)(H,64,82)(H,65,80)(H,66,81)(H,67,79)(H,68,77)(H,74,75)(H,83,84)/p-1/t35-,36-,37-,38-,39-,40-,41-,46-/m0/s1. The number of carboxylic acid groups (broad SMARTS) is 2. The first kappa shape index (κ1) is 67.1. The number of quaternary nitrogens is 1. The fraction of sp³-hybridized carbons (Fsp3) is 0.463. The van der Waals surface area contributed by atoms with E-state index in [1.54, 1.807) is 44.3 Å². The van der Waals surface area contributed by atoms with E-state index >= 15 is 0 Å². The third-order valence-electron chi connectivity index (χ3n) is 13.0. The molecule has 0 radical (unpaired) electrons. The van der Waals surface area contributed by atoms with Crippen LogP contribution in [0.4, 0.5) is 0 Å². The SMILES string of the molecule is CC(C)C[C@H](NC(=O)[C@H](Cc1cnc[nH]1)NC(=O)[C@H](CO)NC(=O)C[NH3+])C(=O)N[C@@H](CCC(=O)[O-])C(=O)N[C@H](C(=O)N[C@@H](CCC(N)=O)C(=O)NCC(=O)N[C@@H](Cc1ccc(O)cc1)C(=O)N[C@@H](Cc1c[nH]c2ccccc12)C(=O)[O-])C(C)C. The quantitative estimate of drug-likeness (QED) is 0.0204. The lowest BCUT2D eigenvalue weighted by molar-refractivity contribution is -0.355. The van der Waals surface area contributed by atoms with Gasteiger partial charge in [0.15, 0.2) is 6.54 Å². The number of nitrogens with one attached hydrogen (secondary N) is 11. The molecule has 0 spiro atoms. The number of benzene rings is 2. The van der Waals surface area contributed by atoms with Crippen molar-refractivity contribution in [1.29, 1.82) is 0 Å². The number of phenols is 1. The van der Waals surface area contributed by atoms with Crippen molar-refractivity contribution < 1.29 is 83.7 Å². The molecule has 0 fully saturated rings. The Labute approximate surface area is 481 Å². The molecule has 0 aliphatic heterocycles. The van der Waals surface area contributed by atoms with Crippen molar-refractivity contribution in [3.05, 3.63) is 84.1 Å². The number of fused-ring (bicyclic) bond motifs is 1. The number of aromatic nitrogens is 3. The zero-order valence-corrected chi connectivity index (χ0v) is 46.7. The molecule has 0 aliphatic rings. The Hall–Kier alpha value is -9.45. The molecular formula is C54H73N14O16-. The van der Waals surface area contributed by atoms with Crippen LogP contribution in [0.3, 0.4) is 0 Å². The third-order valence-corrected chi connectivity index (χ3v) is 13.0. The molecule has 84 heavy (non-hydrogen) atoms. The van der Waals surface area contributed by atoms with Gasteiger partial charge in [-0.25, -0.2) is 4.98 Å². The van der Waals surface area contributed by atoms with E-state index in [0.717, 1.165) is 0 Å². The molecule has 4 aromatic rings. The number of amides is 10. The molecule has 2 heterocycles. The maximum absolute atomic E-state index is 14.1. The van der Waals surface area contributed by atoms with Gasteiger partial charge < -0.3 is 99.3 Å². The van der Waals surface area contributed by atoms with Crippen LogP contribution < -0.4 is 69.5 Å². The van der Waals surface area contributed by atoms with E-state index in [1.165, 1.54) is 50.6 Å². The number of aliphatic hydroxyl groups excluding tert-OH is 1. The number of aromatic amines is 2. The number of nitrogens with zero attached hydrogens (tertiary/aromatic N) is 1. The summed E-state index contributed by atoms with van der Waals surface area (Å²) in [4.78, 5) is 168. The van der Waals surface area contributed by atoms with Crippen molar-refractivity contribution in [1.82, 2.24) is 62.8 Å². The molecule has 0 unspecified atom stereocenters. The summed E-state index contributed by atoms with van der Waals surface area (Å²) in [6.45, 7) is 4.44. The van der Waals surface area contributed by atoms with Gasteiger partial charge in [0.1, 0.15) is 48.0 Å². The van der Waals surface area contributed by atoms with Crippen LogP contribution in [0, 0.1) is 11.8 Å². The molecule has 0 saturated carbocycles. The van der Waals surface area contributed by atoms with Crippen molar-refractivity contribution in [3.63, 3.8) is 0 Å². The zero-order chi connectivity index (χ0) is 62.2. The van der Waals surface area contributed by atoms with Crippen LogP contribution in [0.15, 0.2) is 67.3 Å². The van der Waals surface area contributed by atoms with E-state index in [4.69, 9.17) is 5.73 Å². The van der Waals surface area contributed by atoms with Crippen LogP contribution in [-0.2, 0) is 76.8 Å². The Morgan fingerprint density at radius 1 is 0.619 bits per heavy atom. The molecule has 2 aromatic heterocycles. The van der Waals surface area contributed by atoms with Crippen LogP contribution in [0.25, 0.3) is 10.9 Å². The number of H-pyrrole nitrogens is 2. The Bertz CT molecular complexity index is 2950. The smallest absolute Gasteiger partial charge is 0.275 e. The predicted octanol–water partition coefficient (Wildman–Crippen LogP) is -6.90. The number of aliphatic hydroxyl groups is 1. The van der Waals surface area contributed by atoms with Crippen molar-refractivity contribution in [2.75, 3.05) is 19.7 Å². The molecular weight excluding hydrogens is 1100 g/mol. The van der Waals surface area contributed by atoms with E-state index in [0.29, 0.717) is 27.7 Å². The maximum Gasteiger partial charge on any atom is 0.275 e. The minimum absolute atomic E-state index is 0.0721. The highest BCUT2D eigenvalue weighted by Gasteiger charge is 2.35. The van der Waals surface area contributed by atoms with E-state index < -0.39 is 164 Å². The van der Waals surface area contributed by atoms with Crippen molar-refractivity contribution >= 4 is 81.9 Å². The fourth-order valence-corrected chi connectivity index (χ4v) is 8.54. The summed E-state index contributed by atoms with van der Waals surface area (Å²) < 4.78 is 0. The fourth-order valence-electron chi connectivity index (χ4n) is 8.54. The summed E-state index contributed by atoms with van der Waals surface area (Å²) in [5.74, 6) is -14.0. The number of hydrogen-bond acceptors (Lipinski definition) is 17. The lowest BCUT2D eigenvalue weighted by Crippen LogP contribution is -2.62. The Morgan fingerprint density at radius 2 is 1.18 bits per heavy atom. The van der Waals surface area contributed by atoms with E-state index in [9.17, 15) is 78.0 Å². The number of carbonyl (C=O) groups is 12. The largest absolute Gasteiger partial charge is 0.550 e. The summed E-state index contributed by atoms with van der Waals surface area (Å²) in [6, 6.07) is 0.342. The number of aliphatic carboxylic acids is 2. The molecule has 30 heteroatoms. The molecule has 8 atom stereocenters. The van der Waals surface area contributed by atoms with Crippen molar-refractivity contribution in [3.8, 4) is 5.75 Å². The summed E-state index contributed by atoms with van der Waals surface area (Å²) in [6.07, 6.45) is 1.23. The normalized spacial score (nSPS) is 14.0. The van der Waals surface area contributed by atoms with Gasteiger partial charge in [0.25, 0.3) is 5.91 Å². The first-order chi connectivity index (χ1) is 39.8. The number of carbonyl (C=O) groups excluding carboxylic acids is 12. The third kappa shape index (κ3) is 21.8. The van der Waals surface area contributed by atoms with Crippen LogP contribution in [-0.4, -0.2) is 164 Å². The first-order valence-corrected chi connectivity index (χ1v) is 26.9. The van der Waals surface area contributed by atoms with Gasteiger partial charge in [-0.1, -0.05) is 58.0 Å². The number of aromatic hydroxyl groups is 1. The topological polar surface area (TPSA) is 498 Å². The molecule has 4 rings (SSSR count). The molecule has 0 bridgehead atoms. The average Bonchev–Trinajstić information content (AvgIpc) is 4.34. The molecule has 0 saturated heterocycles. The van der Waals surface area contributed by atoms with Crippen LogP contribution in [0.1, 0.15) is 76.6 Å². The highest BCUT2D eigenvalue weighted by Crippen LogP contribution is 2.20. The molecule has 456 valence electrons. The number of imidazole rings is 1. The summed E-state index contributed by atoms with van der Waals surface area (Å²) in [5, 5.41) is 66.2. The second-order valence-corrected chi connectivity index (χ2v) is 20.5. The van der Waals surface area contributed by atoms with Gasteiger partial charge in [-0.15, -0.1) is 0 Å². The van der Waals surface area contributed by atoms with Gasteiger partial charge in [0, 0.05) is 60.6 Å². The average molecular weight is 1170 g/mol. The summed E-state index contributed by atoms with van der Waals surface area (Å²) in [5.41, 5.74) is 10.9. The van der Waals surface area contributed by atoms with Gasteiger partial charge in [0.05, 0.1) is 31.5 Å². The summed E-state index contributed by atoms with van der Waals surface area (Å²) >= 11 is 0. The van der Waals surface area contributed by atoms with E-state index in [1.807, 2.05) is 0 Å². The molecule has 30 nitrogen and oxygen atoms in total. The van der Waals surface area contributed by atoms with Gasteiger partial charge >= 0.3 is 0 Å². The zero-order valence-electron chi connectivity index (χ0n) is 46.7. The molecule has 18 N–H and O–H groups in total. The van der Waals surface area contributed by atoms with Gasteiger partial charge in [-0.3, -0.25) is 47.9 Å². The number of hydrogen-bond donors (Lipinski definition) is 15. The Kier molecular flexibility index (Phi) is 26.2. The van der Waals surface area contributed by atoms with Crippen molar-refractivity contribution in [2.24, 2.45) is 17.6 Å². The lowest BCUT2D eigenvalue weighted by Gasteiger charge is -2.29. The number of primary amides is 1. The second kappa shape index (κ2) is 32.9. The Balaban J connectivity index is 1.49. The Morgan fingerprint density at radius 3 is 1.77 bits per heavy atom. The van der Waals surface area contributed by atoms with Crippen LogP contribution >= 0.6 is 0 Å². The molecule has 0 aliphatic carbocycles. The summed E-state index contributed by atoms with van der Waals surface area (Å²) in [7, 11) is 0. The van der Waals surface area contributed by atoms with E-state index in [2.05, 4.69) is 68.5 Å². The predicted molar refractivity (Wildman–Crippen MR) is 291 cm³/mol. The van der Waals surface area contributed by atoms with Crippen LogP contribution in [0.5, 0.6) is 5.75 Å². The van der Waals surface area contributed by atoms with Crippen LogP contribution in [0.2, 0.25) is 0 Å². The van der Waals surface area contributed by atoms with Gasteiger partial charge in [-0.2, -0.15) is 0 Å². The minimum Gasteiger partial charge on any atom is -0.550 e. The highest BCUT2D eigenvalue weighted by atomic mass is 16.4. The maximum atomic E-state index is 14.1. The van der Waals surface area contributed by atoms with E-state index in [-0.39, 0.29) is 43.9 Å². The number of rotatable bonds is 35. The van der Waals surface area contributed by atoms with Gasteiger partial charge in [-0.05, 0) is 66.8 Å².